The first-order valence-corrected chi connectivity index (χ1v) is 12.7. The number of anilines is 2. The zero-order valence-electron chi connectivity index (χ0n) is 20.8. The maximum atomic E-state index is 13.5. The van der Waals surface area contributed by atoms with E-state index in [1.54, 1.807) is 17.0 Å². The van der Waals surface area contributed by atoms with Crippen LogP contribution in [-0.2, 0) is 24.1 Å². The molecule has 0 aliphatic carbocycles. The van der Waals surface area contributed by atoms with Gasteiger partial charge < -0.3 is 19.9 Å². The summed E-state index contributed by atoms with van der Waals surface area (Å²) in [6.45, 7) is 9.28. The van der Waals surface area contributed by atoms with Gasteiger partial charge in [0, 0.05) is 61.7 Å². The second-order valence-corrected chi connectivity index (χ2v) is 10.8. The van der Waals surface area contributed by atoms with Crippen LogP contribution in [0.25, 0.3) is 0 Å². The lowest BCUT2D eigenvalue weighted by molar-refractivity contribution is 0.0184. The lowest BCUT2D eigenvalue weighted by atomic mass is 9.98. The Labute approximate surface area is 205 Å². The topological polar surface area (TPSA) is 62.6 Å². The second kappa shape index (κ2) is 9.41. The van der Waals surface area contributed by atoms with Gasteiger partial charge in [-0.3, -0.25) is 4.68 Å². The monoisotopic (exact) mass is 487 g/mol. The molecular weight excluding hydrogens is 452 g/mol. The summed E-state index contributed by atoms with van der Waals surface area (Å²) >= 11 is 0. The Hall–Kier alpha value is -2.68. The van der Waals surface area contributed by atoms with Gasteiger partial charge in [0.25, 0.3) is 6.43 Å². The standard InChI is InChI=1S/C26H35F2N5O2/c1-26(2,3)35-25(34)31-13-9-19(10-14-31)33-21-8-11-29-16-20(21)24(30-33)32-12-4-5-17-6-7-18(23(27)28)15-22(17)32/h6-7,15,19,23,29H,4-5,8-14,16H2,1-3H3. The van der Waals surface area contributed by atoms with Crippen LogP contribution < -0.4 is 10.2 Å². The van der Waals surface area contributed by atoms with Crippen molar-refractivity contribution in [1.82, 2.24) is 20.0 Å². The molecule has 1 N–H and O–H groups in total. The van der Waals surface area contributed by atoms with E-state index in [-0.39, 0.29) is 17.7 Å². The van der Waals surface area contributed by atoms with E-state index in [2.05, 4.69) is 14.9 Å². The number of piperidine rings is 1. The van der Waals surface area contributed by atoms with E-state index in [4.69, 9.17) is 9.84 Å². The molecular formula is C26H35F2N5O2. The predicted octanol–water partition coefficient (Wildman–Crippen LogP) is 5.12. The summed E-state index contributed by atoms with van der Waals surface area (Å²) in [6, 6.07) is 5.23. The number of nitrogens with zero attached hydrogens (tertiary/aromatic N) is 4. The SMILES string of the molecule is CC(C)(C)OC(=O)N1CCC(n2nc(N3CCCc4ccc(C(F)F)cc43)c3c2CCNC3)CC1. The number of halogens is 2. The van der Waals surface area contributed by atoms with E-state index in [1.165, 1.54) is 11.3 Å². The smallest absolute Gasteiger partial charge is 0.410 e. The molecule has 0 atom stereocenters. The summed E-state index contributed by atoms with van der Waals surface area (Å²) in [7, 11) is 0. The van der Waals surface area contributed by atoms with Crippen molar-refractivity contribution in [2.45, 2.75) is 77.5 Å². The maximum Gasteiger partial charge on any atom is 0.410 e. The van der Waals surface area contributed by atoms with E-state index < -0.39 is 12.0 Å². The average molecular weight is 488 g/mol. The second-order valence-electron chi connectivity index (χ2n) is 10.8. The number of fused-ring (bicyclic) bond motifs is 2. The number of carbonyl (C=O) groups excluding carboxylic acids is 1. The van der Waals surface area contributed by atoms with Crippen LogP contribution in [0.1, 0.15) is 74.9 Å². The molecule has 7 nitrogen and oxygen atoms in total. The fraction of sp³-hybridized carbons (Fsp3) is 0.615. The third kappa shape index (κ3) is 4.87. The van der Waals surface area contributed by atoms with E-state index in [0.29, 0.717) is 13.1 Å². The number of aromatic nitrogens is 2. The zero-order chi connectivity index (χ0) is 24.7. The first kappa shape index (κ1) is 24.0. The molecule has 3 aliphatic heterocycles. The highest BCUT2D eigenvalue weighted by atomic mass is 19.3. The fourth-order valence-electron chi connectivity index (χ4n) is 5.44. The van der Waals surface area contributed by atoms with Crippen molar-refractivity contribution in [3.05, 3.63) is 40.6 Å². The number of carbonyl (C=O) groups is 1. The summed E-state index contributed by atoms with van der Waals surface area (Å²) in [6.07, 6.45) is 1.60. The quantitative estimate of drug-likeness (QED) is 0.651. The largest absolute Gasteiger partial charge is 0.444 e. The van der Waals surface area contributed by atoms with E-state index in [1.807, 2.05) is 26.8 Å². The molecule has 4 heterocycles. The summed E-state index contributed by atoms with van der Waals surface area (Å²) in [5.74, 6) is 0.883. The van der Waals surface area contributed by atoms with Gasteiger partial charge in [0.1, 0.15) is 5.60 Å². The number of hydrogen-bond donors (Lipinski definition) is 1. The predicted molar refractivity (Wildman–Crippen MR) is 130 cm³/mol. The van der Waals surface area contributed by atoms with Crippen LogP contribution in [0, 0.1) is 0 Å². The Morgan fingerprint density at radius 2 is 1.94 bits per heavy atom. The number of benzene rings is 1. The van der Waals surface area contributed by atoms with Crippen molar-refractivity contribution in [3.63, 3.8) is 0 Å². The summed E-state index contributed by atoms with van der Waals surface area (Å²) < 4.78 is 34.7. The molecule has 1 aromatic carbocycles. The molecule has 0 unspecified atom stereocenters. The number of amides is 1. The number of aryl methyl sites for hydroxylation is 1. The van der Waals surface area contributed by atoms with Gasteiger partial charge in [0.15, 0.2) is 5.82 Å². The van der Waals surface area contributed by atoms with Crippen molar-refractivity contribution in [2.24, 2.45) is 0 Å². The highest BCUT2D eigenvalue weighted by Crippen LogP contribution is 2.40. The van der Waals surface area contributed by atoms with Crippen molar-refractivity contribution in [3.8, 4) is 0 Å². The van der Waals surface area contributed by atoms with Gasteiger partial charge in [-0.1, -0.05) is 12.1 Å². The van der Waals surface area contributed by atoms with Gasteiger partial charge in [-0.05, 0) is 58.1 Å². The van der Waals surface area contributed by atoms with Gasteiger partial charge in [-0.15, -0.1) is 0 Å². The van der Waals surface area contributed by atoms with Gasteiger partial charge in [0.2, 0.25) is 0 Å². The molecule has 1 fully saturated rings. The minimum absolute atomic E-state index is 0.0524. The van der Waals surface area contributed by atoms with Crippen molar-refractivity contribution >= 4 is 17.6 Å². The Bertz CT molecular complexity index is 1090. The summed E-state index contributed by atoms with van der Waals surface area (Å²) in [5.41, 5.74) is 3.89. The van der Waals surface area contributed by atoms with Gasteiger partial charge in [0.05, 0.1) is 6.04 Å². The Morgan fingerprint density at radius 3 is 2.66 bits per heavy atom. The number of alkyl halides is 2. The van der Waals surface area contributed by atoms with E-state index in [9.17, 15) is 13.6 Å². The molecule has 0 radical (unpaired) electrons. The highest BCUT2D eigenvalue weighted by molar-refractivity contribution is 5.70. The highest BCUT2D eigenvalue weighted by Gasteiger charge is 2.33. The van der Waals surface area contributed by atoms with E-state index >= 15 is 0 Å². The molecule has 190 valence electrons. The molecule has 1 aromatic heterocycles. The first-order chi connectivity index (χ1) is 16.7. The summed E-state index contributed by atoms with van der Waals surface area (Å²) in [4.78, 5) is 16.4. The Kier molecular flexibility index (Phi) is 6.46. The number of likely N-dealkylation sites (tertiary alicyclic amines) is 1. The third-order valence-electron chi connectivity index (χ3n) is 7.14. The fourth-order valence-corrected chi connectivity index (χ4v) is 5.44. The molecule has 9 heteroatoms. The number of ether oxygens (including phenoxy) is 1. The minimum Gasteiger partial charge on any atom is -0.444 e. The van der Waals surface area contributed by atoms with Crippen LogP contribution in [0.2, 0.25) is 0 Å². The lowest BCUT2D eigenvalue weighted by Gasteiger charge is -2.34. The minimum atomic E-state index is -2.49. The van der Waals surface area contributed by atoms with Crippen molar-refractivity contribution in [2.75, 3.05) is 31.1 Å². The van der Waals surface area contributed by atoms with E-state index in [0.717, 1.165) is 68.8 Å². The van der Waals surface area contributed by atoms with Gasteiger partial charge in [-0.25, -0.2) is 13.6 Å². The lowest BCUT2D eigenvalue weighted by Crippen LogP contribution is -2.42. The zero-order valence-corrected chi connectivity index (χ0v) is 20.8. The average Bonchev–Trinajstić information content (AvgIpc) is 3.22. The molecule has 1 amide bonds. The molecule has 35 heavy (non-hydrogen) atoms. The molecule has 2 aromatic rings. The van der Waals surface area contributed by atoms with Crippen LogP contribution in [0.3, 0.4) is 0 Å². The molecule has 5 rings (SSSR count). The molecule has 0 spiro atoms. The Morgan fingerprint density at radius 1 is 1.17 bits per heavy atom. The molecule has 0 saturated carbocycles. The van der Waals surface area contributed by atoms with Gasteiger partial charge >= 0.3 is 6.09 Å². The Balaban J connectivity index is 1.42. The molecule has 0 bridgehead atoms. The third-order valence-corrected chi connectivity index (χ3v) is 7.14. The van der Waals surface area contributed by atoms with Crippen LogP contribution in [0.5, 0.6) is 0 Å². The normalized spacial score (nSPS) is 19.0. The molecule has 3 aliphatic rings. The van der Waals surface area contributed by atoms with Crippen LogP contribution in [-0.4, -0.2) is 52.6 Å². The number of rotatable bonds is 3. The molecule has 1 saturated heterocycles. The van der Waals surface area contributed by atoms with Crippen molar-refractivity contribution < 1.29 is 18.3 Å². The number of hydrogen-bond acceptors (Lipinski definition) is 5. The van der Waals surface area contributed by atoms with Crippen LogP contribution in [0.4, 0.5) is 25.1 Å². The number of nitrogens with one attached hydrogen (secondary N) is 1. The first-order valence-electron chi connectivity index (χ1n) is 12.7. The van der Waals surface area contributed by atoms with Crippen LogP contribution >= 0.6 is 0 Å². The van der Waals surface area contributed by atoms with Crippen LogP contribution in [0.15, 0.2) is 18.2 Å². The van der Waals surface area contributed by atoms with Crippen molar-refractivity contribution in [1.29, 1.82) is 0 Å². The maximum absolute atomic E-state index is 13.5. The summed E-state index contributed by atoms with van der Waals surface area (Å²) in [5, 5.41) is 8.59. The van der Waals surface area contributed by atoms with Gasteiger partial charge in [-0.2, -0.15) is 5.10 Å².